The molecule has 0 aromatic heterocycles. The van der Waals surface area contributed by atoms with Crippen molar-refractivity contribution in [3.63, 3.8) is 0 Å². The van der Waals surface area contributed by atoms with Crippen molar-refractivity contribution < 1.29 is 9.18 Å². The Balaban J connectivity index is 2.58. The van der Waals surface area contributed by atoms with E-state index in [1.165, 1.54) is 12.2 Å². The first kappa shape index (κ1) is 6.20. The molecule has 0 aromatic rings. The van der Waals surface area contributed by atoms with Crippen LogP contribution >= 0.6 is 0 Å². The van der Waals surface area contributed by atoms with Crippen molar-refractivity contribution in [2.45, 2.75) is 6.42 Å². The summed E-state index contributed by atoms with van der Waals surface area (Å²) in [5, 5.41) is 0. The predicted molar refractivity (Wildman–Crippen MR) is 32.5 cm³/mol. The molecule has 0 radical (unpaired) electrons. The van der Waals surface area contributed by atoms with E-state index in [1.807, 2.05) is 0 Å². The van der Waals surface area contributed by atoms with Gasteiger partial charge in [-0.25, -0.2) is 4.39 Å². The molecule has 1 nitrogen and oxygen atoms in total. The molecule has 0 aromatic carbocycles. The molecule has 1 aliphatic carbocycles. The number of carbonyl (C=O) groups excluding carboxylic acids is 1. The minimum absolute atomic E-state index is 0.107. The Morgan fingerprint density at radius 3 is 3.00 bits per heavy atom. The van der Waals surface area contributed by atoms with E-state index in [2.05, 4.69) is 0 Å². The fourth-order valence-corrected chi connectivity index (χ4v) is 0.712. The summed E-state index contributed by atoms with van der Waals surface area (Å²) in [4.78, 5) is 10.1. The molecule has 1 aliphatic rings. The SMILES string of the molecule is O=CC1C=CC(F)=CC1. The fraction of sp³-hybridized carbons (Fsp3) is 0.286. The quantitative estimate of drug-likeness (QED) is 0.488. The zero-order valence-corrected chi connectivity index (χ0v) is 4.88. The maximum atomic E-state index is 12.2. The van der Waals surface area contributed by atoms with Crippen LogP contribution < -0.4 is 0 Å². The first-order chi connectivity index (χ1) is 4.33. The molecular formula is C7H7FO. The third kappa shape index (κ3) is 1.49. The number of aldehydes is 1. The van der Waals surface area contributed by atoms with E-state index in [1.54, 1.807) is 6.08 Å². The van der Waals surface area contributed by atoms with E-state index in [0.717, 1.165) is 6.29 Å². The number of carbonyl (C=O) groups is 1. The molecule has 0 fully saturated rings. The first-order valence-electron chi connectivity index (χ1n) is 2.82. The monoisotopic (exact) mass is 126 g/mol. The first-order valence-corrected chi connectivity index (χ1v) is 2.82. The zero-order valence-electron chi connectivity index (χ0n) is 4.88. The summed E-state index contributed by atoms with van der Waals surface area (Å²) in [5.41, 5.74) is 0. The predicted octanol–water partition coefficient (Wildman–Crippen LogP) is 1.61. The zero-order chi connectivity index (χ0) is 6.69. The summed E-state index contributed by atoms with van der Waals surface area (Å²) in [6.45, 7) is 0. The standard InChI is InChI=1S/C7H7FO/c8-7-3-1-6(5-9)2-4-7/h1,3-6H,2H2. The van der Waals surface area contributed by atoms with E-state index >= 15 is 0 Å². The van der Waals surface area contributed by atoms with Crippen molar-refractivity contribution >= 4 is 6.29 Å². The second kappa shape index (κ2) is 2.58. The highest BCUT2D eigenvalue weighted by Gasteiger charge is 2.05. The smallest absolute Gasteiger partial charge is 0.127 e. The molecule has 1 rings (SSSR count). The Hall–Kier alpha value is -0.920. The normalized spacial score (nSPS) is 25.4. The topological polar surface area (TPSA) is 17.1 Å². The molecule has 48 valence electrons. The van der Waals surface area contributed by atoms with E-state index < -0.39 is 0 Å². The van der Waals surface area contributed by atoms with Gasteiger partial charge in [0.25, 0.3) is 0 Å². The lowest BCUT2D eigenvalue weighted by Gasteiger charge is -2.03. The van der Waals surface area contributed by atoms with Gasteiger partial charge in [-0.05, 0) is 18.6 Å². The second-order valence-corrected chi connectivity index (χ2v) is 1.98. The molecule has 0 spiro atoms. The van der Waals surface area contributed by atoms with Crippen LogP contribution in [0.25, 0.3) is 0 Å². The molecule has 0 bridgehead atoms. The van der Waals surface area contributed by atoms with Gasteiger partial charge in [0.1, 0.15) is 12.1 Å². The highest BCUT2D eigenvalue weighted by atomic mass is 19.1. The lowest BCUT2D eigenvalue weighted by molar-refractivity contribution is -0.109. The van der Waals surface area contributed by atoms with Crippen molar-refractivity contribution in [3.05, 3.63) is 24.1 Å². The average Bonchev–Trinajstić information content (AvgIpc) is 1.90. The maximum Gasteiger partial charge on any atom is 0.127 e. The summed E-state index contributed by atoms with van der Waals surface area (Å²) in [7, 11) is 0. The Kier molecular flexibility index (Phi) is 1.78. The van der Waals surface area contributed by atoms with Crippen LogP contribution in [-0.2, 0) is 4.79 Å². The maximum absolute atomic E-state index is 12.2. The molecule has 2 heteroatoms. The lowest BCUT2D eigenvalue weighted by Crippen LogP contribution is -1.98. The summed E-state index contributed by atoms with van der Waals surface area (Å²) in [5.74, 6) is -0.349. The number of allylic oxidation sites excluding steroid dienone is 4. The molecule has 9 heavy (non-hydrogen) atoms. The molecular weight excluding hydrogens is 119 g/mol. The third-order valence-corrected chi connectivity index (χ3v) is 1.26. The van der Waals surface area contributed by atoms with Crippen LogP contribution in [0.2, 0.25) is 0 Å². The van der Waals surface area contributed by atoms with Gasteiger partial charge in [0.05, 0.1) is 0 Å². The summed E-state index contributed by atoms with van der Waals surface area (Å²) in [6.07, 6.45) is 5.63. The molecule has 0 aliphatic heterocycles. The highest BCUT2D eigenvalue weighted by molar-refractivity contribution is 5.58. The van der Waals surface area contributed by atoms with Crippen LogP contribution in [0, 0.1) is 5.92 Å². The molecule has 0 heterocycles. The Labute approximate surface area is 52.9 Å². The average molecular weight is 126 g/mol. The van der Waals surface area contributed by atoms with Crippen LogP contribution in [0.5, 0.6) is 0 Å². The molecule has 0 N–H and O–H groups in total. The van der Waals surface area contributed by atoms with Crippen LogP contribution in [0.15, 0.2) is 24.1 Å². The number of halogens is 1. The van der Waals surface area contributed by atoms with Crippen molar-refractivity contribution in [2.75, 3.05) is 0 Å². The van der Waals surface area contributed by atoms with Gasteiger partial charge in [-0.1, -0.05) is 6.08 Å². The van der Waals surface area contributed by atoms with Crippen LogP contribution in [0.3, 0.4) is 0 Å². The van der Waals surface area contributed by atoms with Gasteiger partial charge in [-0.15, -0.1) is 0 Å². The summed E-state index contributed by atoms with van der Waals surface area (Å²) in [6, 6.07) is 0. The minimum atomic E-state index is -0.242. The minimum Gasteiger partial charge on any atom is -0.303 e. The third-order valence-electron chi connectivity index (χ3n) is 1.26. The number of hydrogen-bond acceptors (Lipinski definition) is 1. The molecule has 0 amide bonds. The van der Waals surface area contributed by atoms with Crippen molar-refractivity contribution in [2.24, 2.45) is 5.92 Å². The Morgan fingerprint density at radius 2 is 2.56 bits per heavy atom. The van der Waals surface area contributed by atoms with E-state index in [4.69, 9.17) is 0 Å². The van der Waals surface area contributed by atoms with Gasteiger partial charge in [0.2, 0.25) is 0 Å². The van der Waals surface area contributed by atoms with Gasteiger partial charge in [0.15, 0.2) is 0 Å². The van der Waals surface area contributed by atoms with Crippen LogP contribution in [-0.4, -0.2) is 6.29 Å². The van der Waals surface area contributed by atoms with E-state index in [-0.39, 0.29) is 11.7 Å². The fourth-order valence-electron chi connectivity index (χ4n) is 0.712. The number of rotatable bonds is 1. The van der Waals surface area contributed by atoms with Crippen molar-refractivity contribution in [3.8, 4) is 0 Å². The van der Waals surface area contributed by atoms with Gasteiger partial charge in [-0.3, -0.25) is 0 Å². The van der Waals surface area contributed by atoms with Gasteiger partial charge < -0.3 is 4.79 Å². The Morgan fingerprint density at radius 1 is 1.78 bits per heavy atom. The Bertz CT molecular complexity index is 170. The summed E-state index contributed by atoms with van der Waals surface area (Å²) >= 11 is 0. The summed E-state index contributed by atoms with van der Waals surface area (Å²) < 4.78 is 12.2. The second-order valence-electron chi connectivity index (χ2n) is 1.98. The molecule has 1 unspecified atom stereocenters. The highest BCUT2D eigenvalue weighted by Crippen LogP contribution is 2.14. The van der Waals surface area contributed by atoms with Crippen LogP contribution in [0.1, 0.15) is 6.42 Å². The van der Waals surface area contributed by atoms with Crippen LogP contribution in [0.4, 0.5) is 4.39 Å². The number of hydrogen-bond donors (Lipinski definition) is 0. The van der Waals surface area contributed by atoms with Gasteiger partial charge >= 0.3 is 0 Å². The van der Waals surface area contributed by atoms with E-state index in [9.17, 15) is 9.18 Å². The molecule has 0 saturated heterocycles. The van der Waals surface area contributed by atoms with Crippen molar-refractivity contribution in [1.82, 2.24) is 0 Å². The van der Waals surface area contributed by atoms with Gasteiger partial charge in [0, 0.05) is 5.92 Å². The van der Waals surface area contributed by atoms with Gasteiger partial charge in [-0.2, -0.15) is 0 Å². The van der Waals surface area contributed by atoms with Crippen molar-refractivity contribution in [1.29, 1.82) is 0 Å². The largest absolute Gasteiger partial charge is 0.303 e. The van der Waals surface area contributed by atoms with E-state index in [0.29, 0.717) is 6.42 Å². The molecule has 0 saturated carbocycles. The molecule has 1 atom stereocenters. The lowest BCUT2D eigenvalue weighted by atomic mass is 10.0.